The van der Waals surface area contributed by atoms with Crippen LogP contribution in [0.15, 0.2) is 20.8 Å². The van der Waals surface area contributed by atoms with Crippen molar-refractivity contribution >= 4 is 35.0 Å². The van der Waals surface area contributed by atoms with Crippen LogP contribution in [-0.2, 0) is 11.3 Å². The van der Waals surface area contributed by atoms with Gasteiger partial charge in [0.15, 0.2) is 5.69 Å². The second kappa shape index (κ2) is 10.00. The maximum atomic E-state index is 13.5. The van der Waals surface area contributed by atoms with Crippen molar-refractivity contribution in [3.8, 4) is 0 Å². The number of hydrogen-bond acceptors (Lipinski definition) is 8. The number of aromatic amines is 1. The number of aryl methyl sites for hydroxylation is 2. The molecule has 0 bridgehead atoms. The Morgan fingerprint density at radius 2 is 2.00 bits per heavy atom. The van der Waals surface area contributed by atoms with Gasteiger partial charge in [0.1, 0.15) is 5.82 Å². The van der Waals surface area contributed by atoms with E-state index in [4.69, 9.17) is 5.73 Å². The summed E-state index contributed by atoms with van der Waals surface area (Å²) in [4.78, 5) is 51.4. The maximum absolute atomic E-state index is 13.5. The van der Waals surface area contributed by atoms with Crippen LogP contribution in [0.1, 0.15) is 56.8 Å². The Morgan fingerprint density at radius 3 is 2.71 bits per heavy atom. The van der Waals surface area contributed by atoms with Crippen molar-refractivity contribution in [2.45, 2.75) is 77.0 Å². The molecule has 3 heterocycles. The fraction of sp³-hybridized carbons (Fsp3) is 0.545. The zero-order chi connectivity index (χ0) is 24.4. The molecule has 1 amide bonds. The molecule has 3 aromatic rings. The smallest absolute Gasteiger partial charge is 0.330 e. The summed E-state index contributed by atoms with van der Waals surface area (Å²) in [7, 11) is 0. The number of anilines is 2. The summed E-state index contributed by atoms with van der Waals surface area (Å²) in [5.41, 5.74) is 6.93. The average Bonchev–Trinajstić information content (AvgIpc) is 3.44. The molecule has 3 aromatic heterocycles. The Bertz CT molecular complexity index is 1320. The minimum absolute atomic E-state index is 0.0262. The number of rotatable bonds is 8. The van der Waals surface area contributed by atoms with Crippen LogP contribution in [0.2, 0.25) is 0 Å². The number of unbranched alkanes of at least 4 members (excludes halogenated alkanes) is 1. The van der Waals surface area contributed by atoms with E-state index in [1.807, 2.05) is 26.8 Å². The number of H-pyrrole nitrogens is 1. The molecule has 11 nitrogen and oxygen atoms in total. The van der Waals surface area contributed by atoms with Crippen molar-refractivity contribution in [2.24, 2.45) is 0 Å². The number of thioether (sulfide) groups is 1. The maximum Gasteiger partial charge on any atom is 0.330 e. The van der Waals surface area contributed by atoms with E-state index < -0.39 is 11.2 Å². The number of nitrogen functional groups attached to an aromatic ring is 1. The van der Waals surface area contributed by atoms with Gasteiger partial charge in [0, 0.05) is 24.0 Å². The number of nitrogens with zero attached hydrogens (tertiary/aromatic N) is 6. The lowest BCUT2D eigenvalue weighted by molar-refractivity contribution is -0.116. The summed E-state index contributed by atoms with van der Waals surface area (Å²) >= 11 is 1.19. The van der Waals surface area contributed by atoms with Crippen LogP contribution in [0.3, 0.4) is 0 Å². The molecule has 0 unspecified atom stereocenters. The molecular weight excluding hydrogens is 456 g/mol. The highest BCUT2D eigenvalue weighted by Crippen LogP contribution is 2.30. The molecule has 1 fully saturated rings. The van der Waals surface area contributed by atoms with Crippen molar-refractivity contribution in [2.75, 3.05) is 16.4 Å². The van der Waals surface area contributed by atoms with Gasteiger partial charge >= 0.3 is 5.69 Å². The largest absolute Gasteiger partial charge is 0.383 e. The minimum Gasteiger partial charge on any atom is -0.383 e. The molecular formula is C22H30N8O3S. The lowest BCUT2D eigenvalue weighted by atomic mass is 10.2. The van der Waals surface area contributed by atoms with Crippen molar-refractivity contribution in [3.63, 3.8) is 0 Å². The van der Waals surface area contributed by atoms with Gasteiger partial charge < -0.3 is 10.6 Å². The van der Waals surface area contributed by atoms with E-state index in [0.717, 1.165) is 49.9 Å². The second-order valence-electron chi connectivity index (χ2n) is 8.63. The SMILES string of the molecule is CCCCn1c(N)c(N(C(=O)CSc2nc3nc(C)cc(C)n3n2)C2CCCC2)c(=O)[nH]c1=O. The van der Waals surface area contributed by atoms with E-state index in [1.54, 1.807) is 4.52 Å². The van der Waals surface area contributed by atoms with Crippen molar-refractivity contribution < 1.29 is 4.79 Å². The van der Waals surface area contributed by atoms with Gasteiger partial charge in [-0.2, -0.15) is 4.98 Å². The van der Waals surface area contributed by atoms with Crippen LogP contribution < -0.4 is 21.9 Å². The van der Waals surface area contributed by atoms with E-state index in [9.17, 15) is 14.4 Å². The molecule has 1 aliphatic carbocycles. The predicted molar refractivity (Wildman–Crippen MR) is 131 cm³/mol. The molecule has 3 N–H and O–H groups in total. The number of aromatic nitrogens is 6. The molecule has 0 aromatic carbocycles. The third kappa shape index (κ3) is 4.72. The second-order valence-corrected chi connectivity index (χ2v) is 9.58. The molecule has 0 saturated heterocycles. The van der Waals surface area contributed by atoms with Gasteiger partial charge in [0.05, 0.1) is 5.75 Å². The summed E-state index contributed by atoms with van der Waals surface area (Å²) < 4.78 is 2.99. The Labute approximate surface area is 200 Å². The van der Waals surface area contributed by atoms with Crippen LogP contribution in [0.25, 0.3) is 5.78 Å². The van der Waals surface area contributed by atoms with Crippen molar-refractivity contribution in [1.82, 2.24) is 29.1 Å². The van der Waals surface area contributed by atoms with Crippen molar-refractivity contribution in [1.29, 1.82) is 0 Å². The summed E-state index contributed by atoms with van der Waals surface area (Å²) in [6.45, 7) is 6.19. The molecule has 0 radical (unpaired) electrons. The topological polar surface area (TPSA) is 144 Å². The highest BCUT2D eigenvalue weighted by Gasteiger charge is 2.32. The summed E-state index contributed by atoms with van der Waals surface area (Å²) in [5.74, 6) is 0.269. The third-order valence-electron chi connectivity index (χ3n) is 6.07. The first-order chi connectivity index (χ1) is 16.3. The minimum atomic E-state index is -0.637. The number of carbonyl (C=O) groups is 1. The van der Waals surface area contributed by atoms with Gasteiger partial charge in [-0.25, -0.2) is 14.3 Å². The monoisotopic (exact) mass is 486 g/mol. The highest BCUT2D eigenvalue weighted by atomic mass is 32.2. The Morgan fingerprint density at radius 1 is 1.26 bits per heavy atom. The molecule has 1 saturated carbocycles. The fourth-order valence-electron chi connectivity index (χ4n) is 4.43. The number of nitrogens with one attached hydrogen (secondary N) is 1. The van der Waals surface area contributed by atoms with Gasteiger partial charge in [-0.05, 0) is 39.2 Å². The first kappa shape index (κ1) is 24.0. The quantitative estimate of drug-likeness (QED) is 0.460. The highest BCUT2D eigenvalue weighted by molar-refractivity contribution is 7.99. The first-order valence-electron chi connectivity index (χ1n) is 11.6. The average molecular weight is 487 g/mol. The van der Waals surface area contributed by atoms with Crippen LogP contribution in [0.4, 0.5) is 11.5 Å². The number of nitrogens with two attached hydrogens (primary N) is 1. The van der Waals surface area contributed by atoms with Crippen LogP contribution in [-0.4, -0.2) is 46.8 Å². The fourth-order valence-corrected chi connectivity index (χ4v) is 5.10. The normalized spacial score (nSPS) is 14.2. The molecule has 0 aliphatic heterocycles. The molecule has 12 heteroatoms. The molecule has 34 heavy (non-hydrogen) atoms. The first-order valence-corrected chi connectivity index (χ1v) is 12.6. The van der Waals surface area contributed by atoms with Gasteiger partial charge in [0.25, 0.3) is 11.3 Å². The van der Waals surface area contributed by atoms with Gasteiger partial charge in [-0.15, -0.1) is 5.10 Å². The molecule has 0 atom stereocenters. The summed E-state index contributed by atoms with van der Waals surface area (Å²) in [6.07, 6.45) is 5.08. The Kier molecular flexibility index (Phi) is 7.05. The third-order valence-corrected chi connectivity index (χ3v) is 6.89. The summed E-state index contributed by atoms with van der Waals surface area (Å²) in [6, 6.07) is 1.76. The van der Waals surface area contributed by atoms with Crippen LogP contribution >= 0.6 is 11.8 Å². The van der Waals surface area contributed by atoms with E-state index in [0.29, 0.717) is 17.5 Å². The standard InChI is InChI=1S/C22H30N8O3S/c1-4-5-10-28-18(23)17(19(32)25-22(28)33)29(15-8-6-7-9-15)16(31)12-34-21-26-20-24-13(2)11-14(3)30(20)27-21/h11,15H,4-10,12,23H2,1-3H3,(H,25,32,33). The molecule has 0 spiro atoms. The number of hydrogen-bond donors (Lipinski definition) is 2. The van der Waals surface area contributed by atoms with Crippen LogP contribution in [0, 0.1) is 13.8 Å². The lowest BCUT2D eigenvalue weighted by Gasteiger charge is -2.29. The molecule has 182 valence electrons. The van der Waals surface area contributed by atoms with E-state index in [-0.39, 0.29) is 29.2 Å². The van der Waals surface area contributed by atoms with E-state index >= 15 is 0 Å². The number of fused-ring (bicyclic) bond motifs is 1. The number of carbonyl (C=O) groups excluding carboxylic acids is 1. The van der Waals surface area contributed by atoms with Crippen LogP contribution in [0.5, 0.6) is 0 Å². The Balaban J connectivity index is 1.65. The molecule has 4 rings (SSSR count). The predicted octanol–water partition coefficient (Wildman–Crippen LogP) is 2.04. The zero-order valence-electron chi connectivity index (χ0n) is 19.7. The summed E-state index contributed by atoms with van der Waals surface area (Å²) in [5, 5.41) is 4.87. The van der Waals surface area contributed by atoms with Gasteiger partial charge in [0.2, 0.25) is 11.1 Å². The van der Waals surface area contributed by atoms with Gasteiger partial charge in [-0.3, -0.25) is 19.1 Å². The van der Waals surface area contributed by atoms with Crippen molar-refractivity contribution in [3.05, 3.63) is 38.3 Å². The number of amides is 1. The van der Waals surface area contributed by atoms with Gasteiger partial charge in [-0.1, -0.05) is 37.9 Å². The zero-order valence-corrected chi connectivity index (χ0v) is 20.5. The molecule has 1 aliphatic rings. The van der Waals surface area contributed by atoms with E-state index in [2.05, 4.69) is 20.1 Å². The van der Waals surface area contributed by atoms with E-state index in [1.165, 1.54) is 21.2 Å². The lowest BCUT2D eigenvalue weighted by Crippen LogP contribution is -2.46. The Hall–Kier alpha value is -3.15.